The highest BCUT2D eigenvalue weighted by Gasteiger charge is 2.29. The zero-order valence-electron chi connectivity index (χ0n) is 13.2. The van der Waals surface area contributed by atoms with Gasteiger partial charge in [0.15, 0.2) is 0 Å². The predicted octanol–water partition coefficient (Wildman–Crippen LogP) is 2.70. The van der Waals surface area contributed by atoms with Crippen molar-refractivity contribution >= 4 is 5.91 Å². The number of pyridine rings is 1. The summed E-state index contributed by atoms with van der Waals surface area (Å²) in [5.74, 6) is 1.34. The highest BCUT2D eigenvalue weighted by molar-refractivity contribution is 5.93. The van der Waals surface area contributed by atoms with Crippen molar-refractivity contribution in [2.45, 2.75) is 18.9 Å². The molecule has 1 aromatic carbocycles. The fraction of sp³-hybridized carbons (Fsp3) is 0.333. The Morgan fingerprint density at radius 1 is 1.30 bits per heavy atom. The van der Waals surface area contributed by atoms with Gasteiger partial charge in [-0.05, 0) is 38.1 Å². The van der Waals surface area contributed by atoms with Crippen molar-refractivity contribution < 1.29 is 9.53 Å². The number of benzene rings is 1. The van der Waals surface area contributed by atoms with Gasteiger partial charge in [0.2, 0.25) is 0 Å². The highest BCUT2D eigenvalue weighted by atomic mass is 16.5. The Balaban J connectivity index is 1.75. The molecule has 0 saturated carbocycles. The third-order valence-corrected chi connectivity index (χ3v) is 4.01. The van der Waals surface area contributed by atoms with Crippen LogP contribution in [0.25, 0.3) is 0 Å². The van der Waals surface area contributed by atoms with E-state index in [0.29, 0.717) is 11.4 Å². The van der Waals surface area contributed by atoms with Crippen LogP contribution < -0.4 is 10.1 Å². The van der Waals surface area contributed by atoms with E-state index in [-0.39, 0.29) is 11.9 Å². The number of hydrogen-bond acceptors (Lipinski definition) is 4. The topological polar surface area (TPSA) is 54.5 Å². The number of nitrogens with one attached hydrogen (secondary N) is 1. The maximum Gasteiger partial charge on any atom is 0.272 e. The first-order valence-electron chi connectivity index (χ1n) is 7.92. The van der Waals surface area contributed by atoms with Crippen LogP contribution in [0.1, 0.15) is 23.3 Å². The summed E-state index contributed by atoms with van der Waals surface area (Å²) in [5, 5.41) is 3.15. The second-order valence-corrected chi connectivity index (χ2v) is 5.64. The van der Waals surface area contributed by atoms with Crippen molar-refractivity contribution in [1.29, 1.82) is 0 Å². The van der Waals surface area contributed by atoms with Gasteiger partial charge < -0.3 is 15.0 Å². The molecule has 1 aromatic heterocycles. The zero-order valence-corrected chi connectivity index (χ0v) is 13.2. The van der Waals surface area contributed by atoms with Gasteiger partial charge in [-0.15, -0.1) is 0 Å². The number of para-hydroxylation sites is 1. The molecule has 0 aliphatic carbocycles. The van der Waals surface area contributed by atoms with E-state index < -0.39 is 0 Å². The van der Waals surface area contributed by atoms with Crippen LogP contribution in [0.2, 0.25) is 0 Å². The zero-order chi connectivity index (χ0) is 16.1. The number of nitrogens with zero attached hydrogens (tertiary/aromatic N) is 2. The number of amides is 1. The molecule has 1 N–H and O–H groups in total. The Labute approximate surface area is 136 Å². The number of aromatic nitrogens is 1. The fourth-order valence-electron chi connectivity index (χ4n) is 2.91. The van der Waals surface area contributed by atoms with Gasteiger partial charge in [0.1, 0.15) is 17.2 Å². The molecule has 1 atom stereocenters. The lowest BCUT2D eigenvalue weighted by Gasteiger charge is -2.24. The Morgan fingerprint density at radius 2 is 2.13 bits per heavy atom. The SMILES string of the molecule is CNCC1CCCN1C(=O)c1cc(Oc2ccccc2)ccn1. The Morgan fingerprint density at radius 3 is 2.91 bits per heavy atom. The summed E-state index contributed by atoms with van der Waals surface area (Å²) in [4.78, 5) is 18.9. The number of likely N-dealkylation sites (tertiary alicyclic amines) is 1. The molecule has 23 heavy (non-hydrogen) atoms. The molecule has 1 unspecified atom stereocenters. The Hall–Kier alpha value is -2.40. The number of likely N-dealkylation sites (N-methyl/N-ethyl adjacent to an activating group) is 1. The summed E-state index contributed by atoms with van der Waals surface area (Å²) < 4.78 is 5.78. The van der Waals surface area contributed by atoms with Crippen LogP contribution in [0.5, 0.6) is 11.5 Å². The van der Waals surface area contributed by atoms with Gasteiger partial charge >= 0.3 is 0 Å². The molecule has 5 heteroatoms. The molecule has 1 saturated heterocycles. The summed E-state index contributed by atoms with van der Waals surface area (Å²) in [6, 6.07) is 13.2. The quantitative estimate of drug-likeness (QED) is 0.922. The van der Waals surface area contributed by atoms with Crippen LogP contribution >= 0.6 is 0 Å². The molecule has 0 radical (unpaired) electrons. The summed E-state index contributed by atoms with van der Waals surface area (Å²) >= 11 is 0. The third-order valence-electron chi connectivity index (χ3n) is 4.01. The van der Waals surface area contributed by atoms with E-state index in [4.69, 9.17) is 4.74 Å². The molecule has 5 nitrogen and oxygen atoms in total. The van der Waals surface area contributed by atoms with Crippen LogP contribution in [-0.2, 0) is 0 Å². The number of ether oxygens (including phenoxy) is 1. The molecule has 1 aliphatic rings. The first kappa shape index (κ1) is 15.5. The van der Waals surface area contributed by atoms with Crippen LogP contribution in [0.4, 0.5) is 0 Å². The van der Waals surface area contributed by atoms with E-state index in [0.717, 1.165) is 31.7 Å². The lowest BCUT2D eigenvalue weighted by molar-refractivity contribution is 0.0730. The largest absolute Gasteiger partial charge is 0.457 e. The van der Waals surface area contributed by atoms with E-state index in [1.807, 2.05) is 42.3 Å². The summed E-state index contributed by atoms with van der Waals surface area (Å²) in [5.41, 5.74) is 0.432. The minimum Gasteiger partial charge on any atom is -0.457 e. The van der Waals surface area contributed by atoms with Crippen molar-refractivity contribution in [2.24, 2.45) is 0 Å². The maximum absolute atomic E-state index is 12.7. The maximum atomic E-state index is 12.7. The standard InChI is InChI=1S/C18H21N3O2/c1-19-13-14-6-5-11-21(14)18(22)17-12-16(9-10-20-17)23-15-7-3-2-4-8-15/h2-4,7-10,12,14,19H,5-6,11,13H2,1H3. The van der Waals surface area contributed by atoms with Crippen molar-refractivity contribution in [3.05, 3.63) is 54.4 Å². The van der Waals surface area contributed by atoms with Crippen LogP contribution in [0.15, 0.2) is 48.7 Å². The molecule has 3 rings (SSSR count). The monoisotopic (exact) mass is 311 g/mol. The van der Waals surface area contributed by atoms with Gasteiger partial charge in [0.25, 0.3) is 5.91 Å². The minimum atomic E-state index is -0.0266. The predicted molar refractivity (Wildman–Crippen MR) is 88.7 cm³/mol. The van der Waals surface area contributed by atoms with Gasteiger partial charge in [-0.25, -0.2) is 0 Å². The second kappa shape index (κ2) is 7.24. The first-order valence-corrected chi connectivity index (χ1v) is 7.92. The normalized spacial score (nSPS) is 17.3. The molecule has 1 aliphatic heterocycles. The Kier molecular flexibility index (Phi) is 4.88. The van der Waals surface area contributed by atoms with Crippen LogP contribution in [0, 0.1) is 0 Å². The average molecular weight is 311 g/mol. The second-order valence-electron chi connectivity index (χ2n) is 5.64. The van der Waals surface area contributed by atoms with Crippen molar-refractivity contribution in [3.63, 3.8) is 0 Å². The van der Waals surface area contributed by atoms with Crippen molar-refractivity contribution in [2.75, 3.05) is 20.1 Å². The van der Waals surface area contributed by atoms with E-state index in [9.17, 15) is 4.79 Å². The Bertz CT molecular complexity index is 660. The first-order chi connectivity index (χ1) is 11.3. The fourth-order valence-corrected chi connectivity index (χ4v) is 2.91. The third kappa shape index (κ3) is 3.68. The van der Waals surface area contributed by atoms with Gasteiger partial charge in [-0.3, -0.25) is 9.78 Å². The lowest BCUT2D eigenvalue weighted by Crippen LogP contribution is -2.41. The molecular formula is C18H21N3O2. The van der Waals surface area contributed by atoms with Gasteiger partial charge in [-0.1, -0.05) is 18.2 Å². The number of rotatable bonds is 5. The van der Waals surface area contributed by atoms with Crippen LogP contribution in [0.3, 0.4) is 0 Å². The number of carbonyl (C=O) groups excluding carboxylic acids is 1. The average Bonchev–Trinajstić information content (AvgIpc) is 3.04. The van der Waals surface area contributed by atoms with E-state index in [1.54, 1.807) is 18.3 Å². The van der Waals surface area contributed by atoms with Crippen molar-refractivity contribution in [1.82, 2.24) is 15.2 Å². The van der Waals surface area contributed by atoms with Gasteiger partial charge in [0, 0.05) is 31.4 Å². The van der Waals surface area contributed by atoms with Crippen LogP contribution in [-0.4, -0.2) is 42.0 Å². The molecule has 0 spiro atoms. The highest BCUT2D eigenvalue weighted by Crippen LogP contribution is 2.23. The molecular weight excluding hydrogens is 290 g/mol. The number of hydrogen-bond donors (Lipinski definition) is 1. The van der Waals surface area contributed by atoms with Gasteiger partial charge in [-0.2, -0.15) is 0 Å². The van der Waals surface area contributed by atoms with Crippen molar-refractivity contribution in [3.8, 4) is 11.5 Å². The molecule has 0 bridgehead atoms. The molecule has 1 fully saturated rings. The summed E-state index contributed by atoms with van der Waals surface area (Å²) in [7, 11) is 1.91. The smallest absolute Gasteiger partial charge is 0.272 e. The summed E-state index contributed by atoms with van der Waals surface area (Å²) in [6.07, 6.45) is 3.69. The molecule has 120 valence electrons. The molecule has 2 aromatic rings. The van der Waals surface area contributed by atoms with Gasteiger partial charge in [0.05, 0.1) is 0 Å². The summed E-state index contributed by atoms with van der Waals surface area (Å²) in [6.45, 7) is 1.60. The minimum absolute atomic E-state index is 0.0266. The lowest BCUT2D eigenvalue weighted by atomic mass is 10.2. The van der Waals surface area contributed by atoms with E-state index in [1.165, 1.54) is 0 Å². The molecule has 2 heterocycles. The van der Waals surface area contributed by atoms with E-state index in [2.05, 4.69) is 10.3 Å². The molecule has 1 amide bonds. The number of carbonyl (C=O) groups is 1. The van der Waals surface area contributed by atoms with E-state index >= 15 is 0 Å².